The summed E-state index contributed by atoms with van der Waals surface area (Å²) in [5.74, 6) is 1.26. The number of aromatic nitrogens is 2. The Kier molecular flexibility index (Phi) is 3.72. The van der Waals surface area contributed by atoms with Gasteiger partial charge in [-0.1, -0.05) is 13.3 Å². The van der Waals surface area contributed by atoms with Crippen molar-refractivity contribution in [2.75, 3.05) is 0 Å². The highest BCUT2D eigenvalue weighted by Crippen LogP contribution is 2.26. The molecule has 2 rings (SSSR count). The van der Waals surface area contributed by atoms with Gasteiger partial charge in [-0.15, -0.1) is 0 Å². The Morgan fingerprint density at radius 3 is 3.06 bits per heavy atom. The molecule has 0 saturated heterocycles. The molecule has 4 nitrogen and oxygen atoms in total. The molecule has 1 heterocycles. The molecule has 0 radical (unpaired) electrons. The van der Waals surface area contributed by atoms with E-state index in [0.29, 0.717) is 11.6 Å². The smallest absolute Gasteiger partial charge is 0.232 e. The molecule has 1 aromatic rings. The van der Waals surface area contributed by atoms with Crippen molar-refractivity contribution in [3.63, 3.8) is 0 Å². The Labute approximate surface area is 95.7 Å². The first-order chi connectivity index (χ1) is 7.78. The normalized spacial score (nSPS) is 25.4. The van der Waals surface area contributed by atoms with Crippen molar-refractivity contribution in [2.24, 2.45) is 5.92 Å². The van der Waals surface area contributed by atoms with Crippen LogP contribution in [0.5, 0.6) is 5.88 Å². The maximum Gasteiger partial charge on any atom is 0.232 e. The molecule has 1 aromatic heterocycles. The van der Waals surface area contributed by atoms with Crippen LogP contribution in [0.1, 0.15) is 38.3 Å². The minimum atomic E-state index is -0.0920. The topological polar surface area (TPSA) is 55.2 Å². The zero-order valence-electron chi connectivity index (χ0n) is 9.59. The molecule has 0 aromatic carbocycles. The SMILES string of the molecule is CC1CCCC(Oc2cncc(CO)n2)C1. The van der Waals surface area contributed by atoms with Gasteiger partial charge in [0.05, 0.1) is 24.7 Å². The quantitative estimate of drug-likeness (QED) is 0.849. The molecular weight excluding hydrogens is 204 g/mol. The number of aliphatic hydroxyl groups is 1. The van der Waals surface area contributed by atoms with E-state index in [9.17, 15) is 0 Å². The first-order valence-corrected chi connectivity index (χ1v) is 5.86. The Hall–Kier alpha value is -1.16. The van der Waals surface area contributed by atoms with Crippen LogP contribution in [-0.2, 0) is 6.61 Å². The number of rotatable bonds is 3. The van der Waals surface area contributed by atoms with Crippen LogP contribution in [0.2, 0.25) is 0 Å². The van der Waals surface area contributed by atoms with E-state index in [0.717, 1.165) is 18.8 Å². The lowest BCUT2D eigenvalue weighted by molar-refractivity contribution is 0.122. The first kappa shape index (κ1) is 11.3. The van der Waals surface area contributed by atoms with Crippen molar-refractivity contribution in [2.45, 2.75) is 45.3 Å². The van der Waals surface area contributed by atoms with Crippen molar-refractivity contribution in [3.8, 4) is 5.88 Å². The van der Waals surface area contributed by atoms with Gasteiger partial charge in [-0.2, -0.15) is 0 Å². The third kappa shape index (κ3) is 2.92. The van der Waals surface area contributed by atoms with Gasteiger partial charge in [0.2, 0.25) is 5.88 Å². The van der Waals surface area contributed by atoms with Crippen LogP contribution in [0.25, 0.3) is 0 Å². The van der Waals surface area contributed by atoms with Gasteiger partial charge in [0.25, 0.3) is 0 Å². The fraction of sp³-hybridized carbons (Fsp3) is 0.667. The maximum atomic E-state index is 8.95. The molecule has 88 valence electrons. The molecule has 2 atom stereocenters. The second-order valence-corrected chi connectivity index (χ2v) is 4.52. The summed E-state index contributed by atoms with van der Waals surface area (Å²) < 4.78 is 5.78. The number of hydrogen-bond acceptors (Lipinski definition) is 4. The van der Waals surface area contributed by atoms with Gasteiger partial charge in [0, 0.05) is 0 Å². The van der Waals surface area contributed by atoms with Crippen LogP contribution in [0, 0.1) is 5.92 Å². The molecule has 16 heavy (non-hydrogen) atoms. The van der Waals surface area contributed by atoms with Crippen molar-refractivity contribution in [1.29, 1.82) is 0 Å². The molecule has 1 N–H and O–H groups in total. The zero-order chi connectivity index (χ0) is 11.4. The summed E-state index contributed by atoms with van der Waals surface area (Å²) in [7, 11) is 0. The highest BCUT2D eigenvalue weighted by molar-refractivity contribution is 5.08. The Bertz CT molecular complexity index is 344. The molecule has 1 saturated carbocycles. The van der Waals surface area contributed by atoms with E-state index < -0.39 is 0 Å². The molecule has 1 fully saturated rings. The van der Waals surface area contributed by atoms with Gasteiger partial charge in [-0.25, -0.2) is 4.98 Å². The van der Waals surface area contributed by atoms with Gasteiger partial charge in [-0.3, -0.25) is 4.98 Å². The molecule has 2 unspecified atom stereocenters. The predicted molar refractivity (Wildman–Crippen MR) is 60.0 cm³/mol. The molecular formula is C12H18N2O2. The van der Waals surface area contributed by atoms with Crippen LogP contribution >= 0.6 is 0 Å². The molecule has 0 aliphatic heterocycles. The molecule has 0 spiro atoms. The van der Waals surface area contributed by atoms with Crippen LogP contribution in [0.3, 0.4) is 0 Å². The van der Waals surface area contributed by atoms with Crippen LogP contribution < -0.4 is 4.74 Å². The van der Waals surface area contributed by atoms with Gasteiger partial charge in [0.15, 0.2) is 0 Å². The van der Waals surface area contributed by atoms with Gasteiger partial charge < -0.3 is 9.84 Å². The summed E-state index contributed by atoms with van der Waals surface area (Å²) in [5, 5.41) is 8.95. The van der Waals surface area contributed by atoms with Crippen LogP contribution in [0.15, 0.2) is 12.4 Å². The van der Waals surface area contributed by atoms with E-state index in [4.69, 9.17) is 9.84 Å². The van der Waals surface area contributed by atoms with E-state index in [1.54, 1.807) is 12.4 Å². The van der Waals surface area contributed by atoms with E-state index >= 15 is 0 Å². The van der Waals surface area contributed by atoms with E-state index in [1.807, 2.05) is 0 Å². The van der Waals surface area contributed by atoms with Crippen LogP contribution in [-0.4, -0.2) is 21.2 Å². The number of ether oxygens (including phenoxy) is 1. The summed E-state index contributed by atoms with van der Waals surface area (Å²) in [6, 6.07) is 0. The number of aliphatic hydroxyl groups excluding tert-OH is 1. The maximum absolute atomic E-state index is 8.95. The number of nitrogens with zero attached hydrogens (tertiary/aromatic N) is 2. The third-order valence-corrected chi connectivity index (χ3v) is 3.00. The second kappa shape index (κ2) is 5.25. The average molecular weight is 222 g/mol. The standard InChI is InChI=1S/C12H18N2O2/c1-9-3-2-4-11(5-9)16-12-7-13-6-10(8-15)14-12/h6-7,9,11,15H,2-5,8H2,1H3. The lowest BCUT2D eigenvalue weighted by atomic mass is 9.89. The minimum Gasteiger partial charge on any atom is -0.473 e. The second-order valence-electron chi connectivity index (χ2n) is 4.52. The van der Waals surface area contributed by atoms with E-state index in [2.05, 4.69) is 16.9 Å². The number of hydrogen-bond donors (Lipinski definition) is 1. The summed E-state index contributed by atoms with van der Waals surface area (Å²) in [5.41, 5.74) is 0.557. The van der Waals surface area contributed by atoms with E-state index in [-0.39, 0.29) is 12.7 Å². The summed E-state index contributed by atoms with van der Waals surface area (Å²) >= 11 is 0. The first-order valence-electron chi connectivity index (χ1n) is 5.86. The van der Waals surface area contributed by atoms with Crippen molar-refractivity contribution in [1.82, 2.24) is 9.97 Å². The van der Waals surface area contributed by atoms with Crippen molar-refractivity contribution < 1.29 is 9.84 Å². The Morgan fingerprint density at radius 2 is 2.31 bits per heavy atom. The lowest BCUT2D eigenvalue weighted by Crippen LogP contribution is -2.24. The summed E-state index contributed by atoms with van der Waals surface area (Å²) in [6.07, 6.45) is 8.11. The fourth-order valence-electron chi connectivity index (χ4n) is 2.18. The molecule has 1 aliphatic carbocycles. The summed E-state index contributed by atoms with van der Waals surface area (Å²) in [4.78, 5) is 8.17. The van der Waals surface area contributed by atoms with E-state index in [1.165, 1.54) is 12.8 Å². The van der Waals surface area contributed by atoms with Gasteiger partial charge in [0.1, 0.15) is 6.10 Å². The Morgan fingerprint density at radius 1 is 1.44 bits per heavy atom. The largest absolute Gasteiger partial charge is 0.473 e. The monoisotopic (exact) mass is 222 g/mol. The Balaban J connectivity index is 1.97. The minimum absolute atomic E-state index is 0.0920. The fourth-order valence-corrected chi connectivity index (χ4v) is 2.18. The van der Waals surface area contributed by atoms with Gasteiger partial charge >= 0.3 is 0 Å². The van der Waals surface area contributed by atoms with Crippen molar-refractivity contribution >= 4 is 0 Å². The molecule has 0 amide bonds. The van der Waals surface area contributed by atoms with Crippen molar-refractivity contribution in [3.05, 3.63) is 18.1 Å². The summed E-state index contributed by atoms with van der Waals surface area (Å²) in [6.45, 7) is 2.16. The highest BCUT2D eigenvalue weighted by Gasteiger charge is 2.20. The van der Waals surface area contributed by atoms with Crippen LogP contribution in [0.4, 0.5) is 0 Å². The predicted octanol–water partition coefficient (Wildman–Crippen LogP) is 1.93. The highest BCUT2D eigenvalue weighted by atomic mass is 16.5. The molecule has 4 heteroatoms. The lowest BCUT2D eigenvalue weighted by Gasteiger charge is -2.26. The van der Waals surface area contributed by atoms with Gasteiger partial charge in [-0.05, 0) is 25.2 Å². The molecule has 1 aliphatic rings. The third-order valence-electron chi connectivity index (χ3n) is 3.00. The molecule has 0 bridgehead atoms. The zero-order valence-corrected chi connectivity index (χ0v) is 9.59. The average Bonchev–Trinajstić information content (AvgIpc) is 2.29.